The largest absolute Gasteiger partial charge is 0.302 e. The van der Waals surface area contributed by atoms with Crippen molar-refractivity contribution in [3.63, 3.8) is 0 Å². The van der Waals surface area contributed by atoms with Crippen molar-refractivity contribution in [3.8, 4) is 11.4 Å². The van der Waals surface area contributed by atoms with Gasteiger partial charge in [0.2, 0.25) is 0 Å². The lowest BCUT2D eigenvalue weighted by molar-refractivity contribution is 0.0994. The minimum Gasteiger partial charge on any atom is -0.302 e. The van der Waals surface area contributed by atoms with Crippen molar-refractivity contribution >= 4 is 29.1 Å². The maximum Gasteiger partial charge on any atom is 0.192 e. The second-order valence-electron chi connectivity index (χ2n) is 5.55. The fourth-order valence-corrected chi connectivity index (χ4v) is 3.73. The number of hydrogen-bond acceptors (Lipinski definition) is 4. The lowest BCUT2D eigenvalue weighted by Gasteiger charge is -2.12. The third kappa shape index (κ3) is 3.94. The van der Waals surface area contributed by atoms with E-state index in [9.17, 15) is 4.79 Å². The topological polar surface area (TPSA) is 47.8 Å². The fraction of sp³-hybridized carbons (Fsp3) is 0.211. The number of rotatable bonds is 6. The van der Waals surface area contributed by atoms with E-state index in [0.29, 0.717) is 10.6 Å². The molecule has 0 saturated carbocycles. The molecule has 1 unspecified atom stereocenters. The molecule has 1 heterocycles. The van der Waals surface area contributed by atoms with Gasteiger partial charge in [0, 0.05) is 22.7 Å². The Hall–Kier alpha value is -2.11. The summed E-state index contributed by atoms with van der Waals surface area (Å²) in [5, 5.41) is 9.63. The first-order chi connectivity index (χ1) is 12.1. The highest BCUT2D eigenvalue weighted by atomic mass is 35.5. The Kier molecular flexibility index (Phi) is 5.56. The number of benzene rings is 2. The van der Waals surface area contributed by atoms with Crippen LogP contribution in [0.4, 0.5) is 0 Å². The number of aromatic nitrogens is 3. The number of nitrogens with zero attached hydrogens (tertiary/aromatic N) is 3. The van der Waals surface area contributed by atoms with E-state index in [2.05, 4.69) is 10.2 Å². The van der Waals surface area contributed by atoms with Gasteiger partial charge in [-0.05, 0) is 26.0 Å². The molecule has 3 aromatic rings. The first kappa shape index (κ1) is 17.7. The van der Waals surface area contributed by atoms with Crippen LogP contribution in [0.25, 0.3) is 11.4 Å². The molecule has 1 atom stereocenters. The number of carbonyl (C=O) groups is 1. The van der Waals surface area contributed by atoms with E-state index in [0.717, 1.165) is 23.1 Å². The van der Waals surface area contributed by atoms with Crippen molar-refractivity contribution in [2.24, 2.45) is 0 Å². The Balaban J connectivity index is 1.83. The van der Waals surface area contributed by atoms with E-state index < -0.39 is 0 Å². The summed E-state index contributed by atoms with van der Waals surface area (Å²) in [4.78, 5) is 12.6. The van der Waals surface area contributed by atoms with Crippen LogP contribution in [-0.4, -0.2) is 25.8 Å². The Bertz CT molecular complexity index is 879. The van der Waals surface area contributed by atoms with Gasteiger partial charge in [-0.15, -0.1) is 10.2 Å². The Labute approximate surface area is 156 Å². The number of ketones is 1. The molecule has 25 heavy (non-hydrogen) atoms. The number of thioether (sulfide) groups is 1. The molecule has 0 aliphatic rings. The maximum absolute atomic E-state index is 12.6. The van der Waals surface area contributed by atoms with Crippen molar-refractivity contribution in [2.75, 3.05) is 0 Å². The van der Waals surface area contributed by atoms with Crippen LogP contribution >= 0.6 is 23.4 Å². The first-order valence-corrected chi connectivity index (χ1v) is 9.31. The van der Waals surface area contributed by atoms with Crippen molar-refractivity contribution in [1.29, 1.82) is 0 Å². The lowest BCUT2D eigenvalue weighted by atomic mass is 10.1. The van der Waals surface area contributed by atoms with Gasteiger partial charge in [0.05, 0.1) is 5.25 Å². The molecule has 0 amide bonds. The third-order valence-corrected chi connectivity index (χ3v) is 5.14. The minimum atomic E-state index is -0.281. The molecule has 0 spiro atoms. The summed E-state index contributed by atoms with van der Waals surface area (Å²) in [7, 11) is 0. The summed E-state index contributed by atoms with van der Waals surface area (Å²) < 4.78 is 2.03. The molecule has 2 aromatic carbocycles. The summed E-state index contributed by atoms with van der Waals surface area (Å²) in [6.45, 7) is 4.66. The van der Waals surface area contributed by atoms with E-state index in [4.69, 9.17) is 11.6 Å². The van der Waals surface area contributed by atoms with E-state index >= 15 is 0 Å². The van der Waals surface area contributed by atoms with Crippen LogP contribution in [-0.2, 0) is 6.54 Å². The van der Waals surface area contributed by atoms with E-state index in [1.807, 2.05) is 48.7 Å². The van der Waals surface area contributed by atoms with Crippen molar-refractivity contribution in [1.82, 2.24) is 14.8 Å². The van der Waals surface area contributed by atoms with E-state index in [1.165, 1.54) is 11.8 Å². The third-order valence-electron chi connectivity index (χ3n) is 3.83. The molecule has 0 saturated heterocycles. The average molecular weight is 372 g/mol. The molecule has 4 nitrogen and oxygen atoms in total. The molecular weight excluding hydrogens is 354 g/mol. The van der Waals surface area contributed by atoms with Crippen LogP contribution in [0.2, 0.25) is 5.02 Å². The van der Waals surface area contributed by atoms with Gasteiger partial charge < -0.3 is 4.57 Å². The normalized spacial score (nSPS) is 12.1. The highest BCUT2D eigenvalue weighted by Crippen LogP contribution is 2.28. The second kappa shape index (κ2) is 7.85. The van der Waals surface area contributed by atoms with Crippen molar-refractivity contribution < 1.29 is 4.79 Å². The lowest BCUT2D eigenvalue weighted by Crippen LogP contribution is -2.14. The zero-order valence-corrected chi connectivity index (χ0v) is 15.6. The van der Waals surface area contributed by atoms with Gasteiger partial charge in [-0.2, -0.15) is 0 Å². The molecule has 1 aromatic heterocycles. The van der Waals surface area contributed by atoms with Crippen LogP contribution in [0.1, 0.15) is 24.2 Å². The Morgan fingerprint density at radius 3 is 2.60 bits per heavy atom. The SMILES string of the molecule is CCn1c(SC(C)C(=O)c2cccc(Cl)c2)nnc1-c1ccccc1. The number of Topliss-reactive ketones (excluding diaryl/α,β-unsaturated/α-hetero) is 1. The summed E-state index contributed by atoms with van der Waals surface area (Å²) in [6, 6.07) is 17.0. The van der Waals surface area contributed by atoms with Crippen molar-refractivity contribution in [2.45, 2.75) is 30.8 Å². The van der Waals surface area contributed by atoms with Gasteiger partial charge in [0.25, 0.3) is 0 Å². The summed E-state index contributed by atoms with van der Waals surface area (Å²) in [6.07, 6.45) is 0. The van der Waals surface area contributed by atoms with Crippen LogP contribution in [0.15, 0.2) is 59.8 Å². The van der Waals surface area contributed by atoms with Gasteiger partial charge in [0.1, 0.15) is 0 Å². The van der Waals surface area contributed by atoms with Crippen molar-refractivity contribution in [3.05, 3.63) is 65.2 Å². The smallest absolute Gasteiger partial charge is 0.192 e. The number of halogens is 1. The van der Waals surface area contributed by atoms with Gasteiger partial charge in [-0.25, -0.2) is 0 Å². The minimum absolute atomic E-state index is 0.0272. The van der Waals surface area contributed by atoms with Crippen LogP contribution in [0, 0.1) is 0 Å². The quantitative estimate of drug-likeness (QED) is 0.452. The molecule has 0 aliphatic heterocycles. The fourth-order valence-electron chi connectivity index (χ4n) is 2.55. The molecule has 0 bridgehead atoms. The molecule has 0 radical (unpaired) electrons. The highest BCUT2D eigenvalue weighted by molar-refractivity contribution is 8.00. The van der Waals surface area contributed by atoms with Crippen LogP contribution in [0.5, 0.6) is 0 Å². The predicted octanol–water partition coefficient (Wildman–Crippen LogP) is 4.98. The maximum atomic E-state index is 12.6. The monoisotopic (exact) mass is 371 g/mol. The predicted molar refractivity (Wildman–Crippen MR) is 102 cm³/mol. The number of carbonyl (C=O) groups excluding carboxylic acids is 1. The second-order valence-corrected chi connectivity index (χ2v) is 7.30. The van der Waals surface area contributed by atoms with E-state index in [-0.39, 0.29) is 11.0 Å². The number of hydrogen-bond donors (Lipinski definition) is 0. The first-order valence-electron chi connectivity index (χ1n) is 8.05. The zero-order chi connectivity index (χ0) is 17.8. The summed E-state index contributed by atoms with van der Waals surface area (Å²) in [5.41, 5.74) is 1.62. The summed E-state index contributed by atoms with van der Waals surface area (Å²) in [5.74, 6) is 0.840. The van der Waals surface area contributed by atoms with Gasteiger partial charge in [-0.1, -0.05) is 65.8 Å². The molecule has 0 N–H and O–H groups in total. The van der Waals surface area contributed by atoms with Gasteiger partial charge >= 0.3 is 0 Å². The molecule has 6 heteroatoms. The highest BCUT2D eigenvalue weighted by Gasteiger charge is 2.21. The zero-order valence-electron chi connectivity index (χ0n) is 14.0. The van der Waals surface area contributed by atoms with Gasteiger partial charge in [0.15, 0.2) is 16.8 Å². The molecule has 0 aliphatic carbocycles. The van der Waals surface area contributed by atoms with E-state index in [1.54, 1.807) is 24.3 Å². The summed E-state index contributed by atoms with van der Waals surface area (Å²) >= 11 is 7.40. The molecule has 3 rings (SSSR count). The molecule has 0 fully saturated rings. The Morgan fingerprint density at radius 2 is 1.92 bits per heavy atom. The van der Waals surface area contributed by atoms with Crippen LogP contribution in [0.3, 0.4) is 0 Å². The Morgan fingerprint density at radius 1 is 1.16 bits per heavy atom. The average Bonchev–Trinajstić information content (AvgIpc) is 3.04. The molecule has 128 valence electrons. The standard InChI is InChI=1S/C19H18ClN3OS/c1-3-23-18(14-8-5-4-6-9-14)21-22-19(23)25-13(2)17(24)15-10-7-11-16(20)12-15/h4-13H,3H2,1-2H3. The van der Waals surface area contributed by atoms with Gasteiger partial charge in [-0.3, -0.25) is 4.79 Å². The van der Waals surface area contributed by atoms with Crippen LogP contribution < -0.4 is 0 Å². The molecular formula is C19H18ClN3OS.